The highest BCUT2D eigenvalue weighted by atomic mass is 19.3. The zero-order valence-corrected chi connectivity index (χ0v) is 15.6. The van der Waals surface area contributed by atoms with Gasteiger partial charge in [0.25, 0.3) is 17.9 Å². The highest BCUT2D eigenvalue weighted by molar-refractivity contribution is 6.04. The third-order valence-electron chi connectivity index (χ3n) is 4.79. The highest BCUT2D eigenvalue weighted by Crippen LogP contribution is 2.18. The first-order valence-corrected chi connectivity index (χ1v) is 9.20. The Kier molecular flexibility index (Phi) is 5.84. The molecule has 1 aromatic heterocycles. The highest BCUT2D eigenvalue weighted by Gasteiger charge is 2.25. The average Bonchev–Trinajstić information content (AvgIpc) is 2.86. The SMILES string of the molecule is CC(C)n1nc(C(=O)N2CCCN(CC(F)F)CC2)c2ccccc2c1=O. The monoisotopic (exact) mass is 378 g/mol. The van der Waals surface area contributed by atoms with Crippen LogP contribution in [0.1, 0.15) is 36.8 Å². The molecule has 0 N–H and O–H groups in total. The normalized spacial score (nSPS) is 16.3. The van der Waals surface area contributed by atoms with Crippen molar-refractivity contribution < 1.29 is 13.6 Å². The Bertz CT molecular complexity index is 882. The number of halogens is 2. The van der Waals surface area contributed by atoms with Crippen molar-refractivity contribution in [2.75, 3.05) is 32.7 Å². The summed E-state index contributed by atoms with van der Waals surface area (Å²) < 4.78 is 26.6. The van der Waals surface area contributed by atoms with Crippen LogP contribution in [0.3, 0.4) is 0 Å². The molecule has 1 saturated heterocycles. The van der Waals surface area contributed by atoms with E-state index < -0.39 is 6.43 Å². The fraction of sp³-hybridized carbons (Fsp3) is 0.526. The predicted molar refractivity (Wildman–Crippen MR) is 99.4 cm³/mol. The molecular formula is C19H24F2N4O2. The topological polar surface area (TPSA) is 58.4 Å². The molecule has 0 saturated carbocycles. The van der Waals surface area contributed by atoms with E-state index in [1.165, 1.54) is 4.68 Å². The quantitative estimate of drug-likeness (QED) is 0.820. The van der Waals surface area contributed by atoms with Gasteiger partial charge in [0.2, 0.25) is 0 Å². The van der Waals surface area contributed by atoms with E-state index in [0.29, 0.717) is 43.4 Å². The molecule has 0 bridgehead atoms. The van der Waals surface area contributed by atoms with Crippen LogP contribution in [-0.2, 0) is 0 Å². The van der Waals surface area contributed by atoms with E-state index in [2.05, 4.69) is 5.10 Å². The van der Waals surface area contributed by atoms with Crippen molar-refractivity contribution in [3.05, 3.63) is 40.3 Å². The first-order chi connectivity index (χ1) is 12.9. The Labute approximate surface area is 156 Å². The Balaban J connectivity index is 1.94. The van der Waals surface area contributed by atoms with Crippen LogP contribution < -0.4 is 5.56 Å². The van der Waals surface area contributed by atoms with Crippen LogP contribution in [0, 0.1) is 0 Å². The van der Waals surface area contributed by atoms with Gasteiger partial charge in [0.15, 0.2) is 5.69 Å². The summed E-state index contributed by atoms with van der Waals surface area (Å²) in [6.07, 6.45) is -1.76. The second kappa shape index (κ2) is 8.12. The number of carbonyl (C=O) groups excluding carboxylic acids is 1. The lowest BCUT2D eigenvalue weighted by molar-refractivity contribution is 0.0736. The van der Waals surface area contributed by atoms with Gasteiger partial charge in [-0.05, 0) is 26.3 Å². The lowest BCUT2D eigenvalue weighted by Gasteiger charge is -2.22. The maximum atomic E-state index is 13.2. The predicted octanol–water partition coefficient (Wildman–Crippen LogP) is 2.39. The Hall–Kier alpha value is -2.35. The molecule has 0 spiro atoms. The number of aromatic nitrogens is 2. The van der Waals surface area contributed by atoms with Gasteiger partial charge in [0.05, 0.1) is 18.0 Å². The number of hydrogen-bond acceptors (Lipinski definition) is 4. The molecule has 146 valence electrons. The zero-order valence-electron chi connectivity index (χ0n) is 15.6. The molecule has 1 aromatic carbocycles. The molecule has 3 rings (SSSR count). The summed E-state index contributed by atoms with van der Waals surface area (Å²) in [5.74, 6) is -0.264. The fourth-order valence-electron chi connectivity index (χ4n) is 3.42. The molecule has 27 heavy (non-hydrogen) atoms. The van der Waals surface area contributed by atoms with Gasteiger partial charge in [-0.25, -0.2) is 13.5 Å². The van der Waals surface area contributed by atoms with Crippen LogP contribution in [0.15, 0.2) is 29.1 Å². The number of fused-ring (bicyclic) bond motifs is 1. The minimum Gasteiger partial charge on any atom is -0.336 e. The number of hydrogen-bond donors (Lipinski definition) is 0. The third kappa shape index (κ3) is 4.16. The Morgan fingerprint density at radius 3 is 2.48 bits per heavy atom. The van der Waals surface area contributed by atoms with Gasteiger partial charge < -0.3 is 4.90 Å². The number of amides is 1. The molecule has 1 aliphatic rings. The summed E-state index contributed by atoms with van der Waals surface area (Å²) in [6.45, 7) is 5.18. The molecule has 1 amide bonds. The fourth-order valence-corrected chi connectivity index (χ4v) is 3.42. The van der Waals surface area contributed by atoms with Crippen LogP contribution in [0.4, 0.5) is 8.78 Å². The smallest absolute Gasteiger partial charge is 0.274 e. The maximum absolute atomic E-state index is 13.2. The largest absolute Gasteiger partial charge is 0.336 e. The number of alkyl halides is 2. The van der Waals surface area contributed by atoms with Crippen LogP contribution in [0.5, 0.6) is 0 Å². The number of rotatable bonds is 4. The minimum absolute atomic E-state index is 0.181. The summed E-state index contributed by atoms with van der Waals surface area (Å²) in [5, 5.41) is 5.34. The van der Waals surface area contributed by atoms with Crippen molar-refractivity contribution in [1.29, 1.82) is 0 Å². The molecule has 0 unspecified atom stereocenters. The lowest BCUT2D eigenvalue weighted by Crippen LogP contribution is -2.38. The van der Waals surface area contributed by atoms with Gasteiger partial charge in [0.1, 0.15) is 0 Å². The maximum Gasteiger partial charge on any atom is 0.274 e. The Morgan fingerprint density at radius 1 is 1.11 bits per heavy atom. The summed E-state index contributed by atoms with van der Waals surface area (Å²) in [5.41, 5.74) is 0.0114. The second-order valence-corrected chi connectivity index (χ2v) is 7.08. The summed E-state index contributed by atoms with van der Waals surface area (Å²) >= 11 is 0. The van der Waals surface area contributed by atoms with E-state index in [-0.39, 0.29) is 29.7 Å². The number of carbonyl (C=O) groups is 1. The van der Waals surface area contributed by atoms with Gasteiger partial charge in [-0.3, -0.25) is 14.5 Å². The van der Waals surface area contributed by atoms with E-state index >= 15 is 0 Å². The van der Waals surface area contributed by atoms with E-state index in [1.54, 1.807) is 34.1 Å². The van der Waals surface area contributed by atoms with Crippen molar-refractivity contribution in [3.63, 3.8) is 0 Å². The zero-order chi connectivity index (χ0) is 19.6. The molecule has 8 heteroatoms. The minimum atomic E-state index is -2.38. The molecule has 0 aliphatic carbocycles. The van der Waals surface area contributed by atoms with Gasteiger partial charge in [-0.2, -0.15) is 5.10 Å². The molecule has 1 fully saturated rings. The molecule has 2 aromatic rings. The molecule has 6 nitrogen and oxygen atoms in total. The lowest BCUT2D eigenvalue weighted by atomic mass is 10.1. The first-order valence-electron chi connectivity index (χ1n) is 9.20. The van der Waals surface area contributed by atoms with Gasteiger partial charge in [0, 0.05) is 31.6 Å². The van der Waals surface area contributed by atoms with Crippen LogP contribution in [0.25, 0.3) is 10.8 Å². The van der Waals surface area contributed by atoms with Gasteiger partial charge >= 0.3 is 0 Å². The van der Waals surface area contributed by atoms with E-state index in [1.807, 2.05) is 13.8 Å². The van der Waals surface area contributed by atoms with Crippen LogP contribution in [0.2, 0.25) is 0 Å². The third-order valence-corrected chi connectivity index (χ3v) is 4.79. The second-order valence-electron chi connectivity index (χ2n) is 7.08. The number of benzene rings is 1. The number of nitrogens with zero attached hydrogens (tertiary/aromatic N) is 4. The standard InChI is InChI=1S/C19H24F2N4O2/c1-13(2)25-18(26)15-7-4-3-6-14(15)17(22-25)19(27)24-9-5-8-23(10-11-24)12-16(20)21/h3-4,6-7,13,16H,5,8-12H2,1-2H3. The van der Waals surface area contributed by atoms with Crippen molar-refractivity contribution >= 4 is 16.7 Å². The van der Waals surface area contributed by atoms with E-state index in [4.69, 9.17) is 0 Å². The average molecular weight is 378 g/mol. The van der Waals surface area contributed by atoms with Gasteiger partial charge in [-0.15, -0.1) is 0 Å². The molecule has 0 atom stereocenters. The van der Waals surface area contributed by atoms with E-state index in [0.717, 1.165) is 0 Å². The molecule has 0 radical (unpaired) electrons. The van der Waals surface area contributed by atoms with Crippen LogP contribution >= 0.6 is 0 Å². The first kappa shape index (κ1) is 19.4. The Morgan fingerprint density at radius 2 is 1.81 bits per heavy atom. The molecule has 2 heterocycles. The van der Waals surface area contributed by atoms with E-state index in [9.17, 15) is 18.4 Å². The van der Waals surface area contributed by atoms with Crippen molar-refractivity contribution in [3.8, 4) is 0 Å². The summed E-state index contributed by atoms with van der Waals surface area (Å²) in [6, 6.07) is 6.77. The molecule has 1 aliphatic heterocycles. The summed E-state index contributed by atoms with van der Waals surface area (Å²) in [4.78, 5) is 29.1. The van der Waals surface area contributed by atoms with Crippen molar-refractivity contribution in [1.82, 2.24) is 19.6 Å². The van der Waals surface area contributed by atoms with Crippen LogP contribution in [-0.4, -0.2) is 64.6 Å². The van der Waals surface area contributed by atoms with Gasteiger partial charge in [-0.1, -0.05) is 18.2 Å². The van der Waals surface area contributed by atoms with Crippen molar-refractivity contribution in [2.45, 2.75) is 32.7 Å². The molecular weight excluding hydrogens is 354 g/mol. The van der Waals surface area contributed by atoms with Crippen molar-refractivity contribution in [2.24, 2.45) is 0 Å². The summed E-state index contributed by atoms with van der Waals surface area (Å²) in [7, 11) is 0.